The summed E-state index contributed by atoms with van der Waals surface area (Å²) in [4.78, 5) is 17.0. The minimum atomic E-state index is -0.298. The largest absolute Gasteiger partial charge is 0.394 e. The third-order valence-corrected chi connectivity index (χ3v) is 7.22. The number of rotatable bonds is 9. The van der Waals surface area contributed by atoms with Crippen LogP contribution in [0.5, 0.6) is 0 Å². The first-order valence-corrected chi connectivity index (χ1v) is 13.2. The molecule has 1 saturated heterocycles. The molecule has 2 N–H and O–H groups in total. The molecule has 0 spiro atoms. The summed E-state index contributed by atoms with van der Waals surface area (Å²) in [5.74, 6) is 2.19. The normalized spacial score (nSPS) is 15.4. The highest BCUT2D eigenvalue weighted by molar-refractivity contribution is 5.94. The maximum Gasteiger partial charge on any atom is 0.227 e. The van der Waals surface area contributed by atoms with Crippen molar-refractivity contribution in [2.75, 3.05) is 70.2 Å². The number of likely N-dealkylation sites (N-methyl/N-ethyl adjacent to an activating group) is 1. The Morgan fingerprint density at radius 3 is 2.45 bits per heavy atom. The van der Waals surface area contributed by atoms with E-state index in [1.807, 2.05) is 50.2 Å². The van der Waals surface area contributed by atoms with Crippen LogP contribution in [0.15, 0.2) is 53.1 Å². The number of aliphatic hydroxyl groups is 1. The number of fused-ring (bicyclic) bond motifs is 1. The second-order valence-electron chi connectivity index (χ2n) is 10.2. The molecule has 1 aliphatic heterocycles. The average molecular weight is 516 g/mol. The molecule has 1 fully saturated rings. The summed E-state index contributed by atoms with van der Waals surface area (Å²) in [6, 6.07) is 15.9. The van der Waals surface area contributed by atoms with Crippen LogP contribution in [0.4, 0.5) is 11.8 Å². The number of aromatic nitrogens is 3. The van der Waals surface area contributed by atoms with Gasteiger partial charge in [0, 0.05) is 50.2 Å². The minimum Gasteiger partial charge on any atom is -0.394 e. The Kier molecular flexibility index (Phi) is 7.87. The fourth-order valence-electron chi connectivity index (χ4n) is 5.02. The average Bonchev–Trinajstić information content (AvgIpc) is 3.28. The highest BCUT2D eigenvalue weighted by Gasteiger charge is 2.22. The second-order valence-corrected chi connectivity index (χ2v) is 10.2. The lowest BCUT2D eigenvalue weighted by Gasteiger charge is -2.35. The van der Waals surface area contributed by atoms with Crippen LogP contribution in [0.3, 0.4) is 0 Å². The van der Waals surface area contributed by atoms with Gasteiger partial charge in [-0.05, 0) is 51.2 Å². The zero-order valence-corrected chi connectivity index (χ0v) is 22.7. The number of aliphatic hydroxyl groups excluding tert-OH is 1. The SMILES string of the molecule is Cc1noc(C)c1-c1ccc2nc(N3CCN(CCN(C)C)CC3)nc(NC(CO)c3ccccc3)c2c1. The van der Waals surface area contributed by atoms with E-state index in [0.29, 0.717) is 11.8 Å². The standard InChI is InChI=1S/C29H37N7O2/c1-20-27(21(2)38-33-20)23-10-11-25-24(18-23)28(30-26(19-37)22-8-6-5-7-9-22)32-29(31-25)36-16-14-35(15-17-36)13-12-34(3)4/h5-11,18,26,37H,12-17,19H2,1-4H3,(H,30,31,32). The zero-order chi connectivity index (χ0) is 26.6. The maximum absolute atomic E-state index is 10.3. The highest BCUT2D eigenvalue weighted by atomic mass is 16.5. The first-order valence-electron chi connectivity index (χ1n) is 13.2. The molecule has 3 heterocycles. The van der Waals surface area contributed by atoms with Crippen molar-refractivity contribution in [1.29, 1.82) is 0 Å². The van der Waals surface area contributed by atoms with Crippen molar-refractivity contribution >= 4 is 22.7 Å². The fourth-order valence-corrected chi connectivity index (χ4v) is 5.02. The molecule has 38 heavy (non-hydrogen) atoms. The van der Waals surface area contributed by atoms with E-state index in [0.717, 1.165) is 78.3 Å². The van der Waals surface area contributed by atoms with Gasteiger partial charge in [-0.25, -0.2) is 4.98 Å². The van der Waals surface area contributed by atoms with E-state index in [9.17, 15) is 5.11 Å². The van der Waals surface area contributed by atoms with Crippen LogP contribution in [0, 0.1) is 13.8 Å². The van der Waals surface area contributed by atoms with Gasteiger partial charge in [0.05, 0.1) is 23.9 Å². The Morgan fingerprint density at radius 1 is 1.03 bits per heavy atom. The van der Waals surface area contributed by atoms with Gasteiger partial charge in [0.15, 0.2) is 0 Å². The van der Waals surface area contributed by atoms with Gasteiger partial charge in [0.2, 0.25) is 5.95 Å². The molecule has 0 amide bonds. The van der Waals surface area contributed by atoms with Crippen molar-refractivity contribution in [1.82, 2.24) is 24.9 Å². The molecule has 200 valence electrons. The van der Waals surface area contributed by atoms with E-state index in [-0.39, 0.29) is 12.6 Å². The predicted octanol–water partition coefficient (Wildman–Crippen LogP) is 3.73. The number of benzene rings is 2. The number of anilines is 2. The van der Waals surface area contributed by atoms with Crippen LogP contribution in [0.1, 0.15) is 23.1 Å². The van der Waals surface area contributed by atoms with Gasteiger partial charge in [-0.3, -0.25) is 4.90 Å². The molecular weight excluding hydrogens is 478 g/mol. The second kappa shape index (κ2) is 11.5. The monoisotopic (exact) mass is 515 g/mol. The van der Waals surface area contributed by atoms with Gasteiger partial charge in [-0.15, -0.1) is 0 Å². The van der Waals surface area contributed by atoms with E-state index >= 15 is 0 Å². The van der Waals surface area contributed by atoms with E-state index < -0.39 is 0 Å². The molecular formula is C29H37N7O2. The van der Waals surface area contributed by atoms with Gasteiger partial charge in [0.25, 0.3) is 0 Å². The first-order chi connectivity index (χ1) is 18.4. The number of nitrogens with zero attached hydrogens (tertiary/aromatic N) is 6. The molecule has 0 radical (unpaired) electrons. The Balaban J connectivity index is 1.50. The van der Waals surface area contributed by atoms with Gasteiger partial charge in [-0.1, -0.05) is 41.6 Å². The molecule has 2 aromatic carbocycles. The summed E-state index contributed by atoms with van der Waals surface area (Å²) in [6.07, 6.45) is 0. The summed E-state index contributed by atoms with van der Waals surface area (Å²) in [5, 5.41) is 18.8. The van der Waals surface area contributed by atoms with Crippen LogP contribution in [0.25, 0.3) is 22.0 Å². The predicted molar refractivity (Wildman–Crippen MR) is 152 cm³/mol. The van der Waals surface area contributed by atoms with Gasteiger partial charge in [-0.2, -0.15) is 4.98 Å². The molecule has 1 atom stereocenters. The minimum absolute atomic E-state index is 0.0566. The highest BCUT2D eigenvalue weighted by Crippen LogP contribution is 2.33. The third kappa shape index (κ3) is 5.65. The quantitative estimate of drug-likeness (QED) is 0.346. The van der Waals surface area contributed by atoms with Gasteiger partial charge < -0.3 is 24.7 Å². The van der Waals surface area contributed by atoms with E-state index in [4.69, 9.17) is 14.5 Å². The lowest BCUT2D eigenvalue weighted by molar-refractivity contribution is 0.229. The van der Waals surface area contributed by atoms with Crippen molar-refractivity contribution in [2.24, 2.45) is 0 Å². The van der Waals surface area contributed by atoms with Crippen molar-refractivity contribution in [3.8, 4) is 11.1 Å². The summed E-state index contributed by atoms with van der Waals surface area (Å²) < 4.78 is 5.43. The lowest BCUT2D eigenvalue weighted by atomic mass is 10.0. The molecule has 4 aromatic rings. The van der Waals surface area contributed by atoms with E-state index in [1.165, 1.54) is 0 Å². The molecule has 0 aliphatic carbocycles. The maximum atomic E-state index is 10.3. The Morgan fingerprint density at radius 2 is 1.79 bits per heavy atom. The molecule has 0 saturated carbocycles. The van der Waals surface area contributed by atoms with Gasteiger partial charge in [0.1, 0.15) is 11.6 Å². The molecule has 1 unspecified atom stereocenters. The lowest BCUT2D eigenvalue weighted by Crippen LogP contribution is -2.48. The summed E-state index contributed by atoms with van der Waals surface area (Å²) in [7, 11) is 4.22. The Labute approximate surface area is 224 Å². The van der Waals surface area contributed by atoms with Crippen LogP contribution in [-0.4, -0.2) is 90.0 Å². The third-order valence-electron chi connectivity index (χ3n) is 7.22. The molecule has 9 heteroatoms. The number of nitrogens with one attached hydrogen (secondary N) is 1. The van der Waals surface area contributed by atoms with E-state index in [2.05, 4.69) is 51.4 Å². The van der Waals surface area contributed by atoms with Crippen molar-refractivity contribution in [3.63, 3.8) is 0 Å². The van der Waals surface area contributed by atoms with Crippen LogP contribution < -0.4 is 10.2 Å². The molecule has 5 rings (SSSR count). The summed E-state index contributed by atoms with van der Waals surface area (Å²) >= 11 is 0. The molecule has 0 bridgehead atoms. The van der Waals surface area contributed by atoms with E-state index in [1.54, 1.807) is 0 Å². The number of piperazine rings is 1. The van der Waals surface area contributed by atoms with Crippen molar-refractivity contribution < 1.29 is 9.63 Å². The van der Waals surface area contributed by atoms with Gasteiger partial charge >= 0.3 is 0 Å². The summed E-state index contributed by atoms with van der Waals surface area (Å²) in [5.41, 5.74) is 4.69. The number of hydrogen-bond donors (Lipinski definition) is 2. The smallest absolute Gasteiger partial charge is 0.227 e. The first kappa shape index (κ1) is 26.1. The van der Waals surface area contributed by atoms with Crippen molar-refractivity contribution in [3.05, 3.63) is 65.5 Å². The molecule has 1 aliphatic rings. The zero-order valence-electron chi connectivity index (χ0n) is 22.7. The fraction of sp³-hybridized carbons (Fsp3) is 0.414. The summed E-state index contributed by atoms with van der Waals surface area (Å²) in [6.45, 7) is 9.63. The molecule has 2 aromatic heterocycles. The van der Waals surface area contributed by atoms with Crippen LogP contribution in [-0.2, 0) is 0 Å². The van der Waals surface area contributed by atoms with Crippen LogP contribution >= 0.6 is 0 Å². The number of hydrogen-bond acceptors (Lipinski definition) is 9. The Hall–Kier alpha value is -3.53. The number of aryl methyl sites for hydroxylation is 2. The Bertz CT molecular complexity index is 1340. The topological polar surface area (TPSA) is 93.8 Å². The van der Waals surface area contributed by atoms with Crippen LogP contribution in [0.2, 0.25) is 0 Å². The molecule has 9 nitrogen and oxygen atoms in total. The van der Waals surface area contributed by atoms with Crippen molar-refractivity contribution in [2.45, 2.75) is 19.9 Å².